The Kier molecular flexibility index (Phi) is 2.43. The fraction of sp³-hybridized carbons (Fsp3) is 0.769. The molecular formula is C13H20N4O2. The molecule has 1 aromatic heterocycles. The van der Waals surface area contributed by atoms with Crippen LogP contribution in [-0.2, 0) is 0 Å². The van der Waals surface area contributed by atoms with Crippen LogP contribution in [0.2, 0.25) is 0 Å². The van der Waals surface area contributed by atoms with E-state index >= 15 is 0 Å². The summed E-state index contributed by atoms with van der Waals surface area (Å²) in [5.74, 6) is 0.906. The van der Waals surface area contributed by atoms with Crippen LogP contribution in [0, 0.1) is 16.7 Å². The first-order valence-electron chi connectivity index (χ1n) is 6.78. The molecule has 2 fully saturated rings. The van der Waals surface area contributed by atoms with Crippen molar-refractivity contribution in [3.8, 4) is 0 Å². The van der Waals surface area contributed by atoms with Crippen LogP contribution in [0.25, 0.3) is 0 Å². The van der Waals surface area contributed by atoms with E-state index in [0.717, 1.165) is 0 Å². The van der Waals surface area contributed by atoms with Crippen molar-refractivity contribution < 1.29 is 0 Å². The van der Waals surface area contributed by atoms with Crippen molar-refractivity contribution in [1.29, 1.82) is 0 Å². The molecule has 0 amide bonds. The number of anilines is 1. The second-order valence-electron chi connectivity index (χ2n) is 6.85. The lowest BCUT2D eigenvalue weighted by Gasteiger charge is -2.43. The molecule has 2 aliphatic rings. The molecule has 2 saturated carbocycles. The summed E-state index contributed by atoms with van der Waals surface area (Å²) in [4.78, 5) is 25.0. The molecule has 0 radical (unpaired) electrons. The standard InChI is InChI=1S/C13H20N4O2/c1-12(2)7-4-5-13(3,6-7)10(12)14-8-9(18)15-11(19)17-16-8/h7,10H,4-6H2,1-3H3,(H,14,16)(H2,15,17,18,19). The van der Waals surface area contributed by atoms with Gasteiger partial charge in [-0.3, -0.25) is 9.78 Å². The molecule has 3 rings (SSSR count). The average Bonchev–Trinajstić information content (AvgIpc) is 2.78. The number of H-pyrrole nitrogens is 2. The molecule has 0 aromatic carbocycles. The highest BCUT2D eigenvalue weighted by Gasteiger charge is 2.59. The van der Waals surface area contributed by atoms with Gasteiger partial charge in [-0.05, 0) is 36.0 Å². The molecule has 104 valence electrons. The first-order valence-corrected chi connectivity index (χ1v) is 6.78. The molecule has 0 saturated heterocycles. The zero-order valence-corrected chi connectivity index (χ0v) is 11.5. The van der Waals surface area contributed by atoms with Gasteiger partial charge in [-0.15, -0.1) is 5.10 Å². The number of nitrogens with one attached hydrogen (secondary N) is 3. The van der Waals surface area contributed by atoms with Gasteiger partial charge in [0.15, 0.2) is 0 Å². The predicted molar refractivity (Wildman–Crippen MR) is 72.1 cm³/mol. The quantitative estimate of drug-likeness (QED) is 0.745. The van der Waals surface area contributed by atoms with E-state index in [-0.39, 0.29) is 22.7 Å². The Morgan fingerprint density at radius 1 is 1.32 bits per heavy atom. The minimum Gasteiger partial charge on any atom is -0.360 e. The highest BCUT2D eigenvalue weighted by atomic mass is 16.2. The molecule has 3 atom stereocenters. The van der Waals surface area contributed by atoms with Gasteiger partial charge in [-0.25, -0.2) is 9.89 Å². The third-order valence-corrected chi connectivity index (χ3v) is 5.26. The maximum absolute atomic E-state index is 11.7. The normalized spacial score (nSPS) is 35.5. The smallest absolute Gasteiger partial charge is 0.342 e. The van der Waals surface area contributed by atoms with Gasteiger partial charge in [-0.2, -0.15) is 0 Å². The lowest BCUT2D eigenvalue weighted by atomic mass is 9.68. The summed E-state index contributed by atoms with van der Waals surface area (Å²) in [6.07, 6.45) is 3.63. The summed E-state index contributed by atoms with van der Waals surface area (Å²) < 4.78 is 0. The molecule has 0 spiro atoms. The summed E-state index contributed by atoms with van der Waals surface area (Å²) in [6.45, 7) is 6.78. The average molecular weight is 264 g/mol. The molecule has 1 heterocycles. The van der Waals surface area contributed by atoms with Crippen LogP contribution >= 0.6 is 0 Å². The Balaban J connectivity index is 1.95. The van der Waals surface area contributed by atoms with Crippen molar-refractivity contribution in [2.75, 3.05) is 5.32 Å². The van der Waals surface area contributed by atoms with Gasteiger partial charge in [0, 0.05) is 6.04 Å². The molecule has 2 aliphatic carbocycles. The Hall–Kier alpha value is -1.59. The predicted octanol–water partition coefficient (Wildman–Crippen LogP) is 1.08. The molecule has 19 heavy (non-hydrogen) atoms. The maximum atomic E-state index is 11.7. The third-order valence-electron chi connectivity index (χ3n) is 5.26. The summed E-state index contributed by atoms with van der Waals surface area (Å²) >= 11 is 0. The highest BCUT2D eigenvalue weighted by molar-refractivity contribution is 5.35. The molecule has 6 heteroatoms. The van der Waals surface area contributed by atoms with Gasteiger partial charge in [0.05, 0.1) is 0 Å². The summed E-state index contributed by atoms with van der Waals surface area (Å²) in [5, 5.41) is 9.38. The number of hydrogen-bond donors (Lipinski definition) is 3. The van der Waals surface area contributed by atoms with E-state index in [1.54, 1.807) is 0 Å². The molecule has 2 bridgehead atoms. The van der Waals surface area contributed by atoms with Crippen molar-refractivity contribution in [2.45, 2.75) is 46.1 Å². The monoisotopic (exact) mass is 264 g/mol. The molecular weight excluding hydrogens is 244 g/mol. The van der Waals surface area contributed by atoms with E-state index in [4.69, 9.17) is 0 Å². The van der Waals surface area contributed by atoms with E-state index in [0.29, 0.717) is 5.92 Å². The number of rotatable bonds is 2. The van der Waals surface area contributed by atoms with Crippen LogP contribution in [0.3, 0.4) is 0 Å². The number of hydrogen-bond acceptors (Lipinski definition) is 4. The SMILES string of the molecule is CC12CCC(C1)C(C)(C)C2Nc1n[nH]c(=O)[nH]c1=O. The summed E-state index contributed by atoms with van der Waals surface area (Å²) in [5.41, 5.74) is -0.685. The third kappa shape index (κ3) is 1.73. The van der Waals surface area contributed by atoms with Crippen LogP contribution in [0.5, 0.6) is 0 Å². The maximum Gasteiger partial charge on any atom is 0.342 e. The Labute approximate surface area is 111 Å². The van der Waals surface area contributed by atoms with Crippen LogP contribution in [-0.4, -0.2) is 21.2 Å². The van der Waals surface area contributed by atoms with Crippen molar-refractivity contribution in [1.82, 2.24) is 15.2 Å². The van der Waals surface area contributed by atoms with E-state index in [2.05, 4.69) is 41.3 Å². The Bertz CT molecular complexity index is 613. The van der Waals surface area contributed by atoms with Gasteiger partial charge < -0.3 is 5.32 Å². The minimum absolute atomic E-state index is 0.136. The zero-order valence-electron chi connectivity index (χ0n) is 11.5. The molecule has 3 unspecified atom stereocenters. The summed E-state index contributed by atoms with van der Waals surface area (Å²) in [6, 6.07) is 0.207. The molecule has 0 aliphatic heterocycles. The van der Waals surface area contributed by atoms with Crippen molar-refractivity contribution in [3.63, 3.8) is 0 Å². The van der Waals surface area contributed by atoms with Crippen molar-refractivity contribution in [3.05, 3.63) is 20.8 Å². The fourth-order valence-electron chi connectivity index (χ4n) is 4.24. The second-order valence-corrected chi connectivity index (χ2v) is 6.85. The number of fused-ring (bicyclic) bond motifs is 2. The van der Waals surface area contributed by atoms with Gasteiger partial charge >= 0.3 is 5.69 Å². The van der Waals surface area contributed by atoms with Crippen LogP contribution < -0.4 is 16.6 Å². The van der Waals surface area contributed by atoms with Gasteiger partial charge in [-0.1, -0.05) is 20.8 Å². The van der Waals surface area contributed by atoms with Crippen LogP contribution in [0.4, 0.5) is 5.82 Å². The lowest BCUT2D eigenvalue weighted by molar-refractivity contribution is 0.155. The van der Waals surface area contributed by atoms with E-state index in [9.17, 15) is 9.59 Å². The van der Waals surface area contributed by atoms with Crippen LogP contribution in [0.1, 0.15) is 40.0 Å². The molecule has 3 N–H and O–H groups in total. The van der Waals surface area contributed by atoms with E-state index in [1.165, 1.54) is 19.3 Å². The van der Waals surface area contributed by atoms with Gasteiger partial charge in [0.2, 0.25) is 5.82 Å². The minimum atomic E-state index is -0.575. The molecule has 6 nitrogen and oxygen atoms in total. The largest absolute Gasteiger partial charge is 0.360 e. The topological polar surface area (TPSA) is 90.6 Å². The second kappa shape index (κ2) is 3.71. The van der Waals surface area contributed by atoms with E-state index < -0.39 is 11.2 Å². The van der Waals surface area contributed by atoms with Gasteiger partial charge in [0.1, 0.15) is 0 Å². The van der Waals surface area contributed by atoms with Crippen molar-refractivity contribution >= 4 is 5.82 Å². The number of nitrogens with zero attached hydrogens (tertiary/aromatic N) is 1. The Morgan fingerprint density at radius 3 is 2.63 bits per heavy atom. The van der Waals surface area contributed by atoms with Crippen LogP contribution in [0.15, 0.2) is 9.59 Å². The van der Waals surface area contributed by atoms with Crippen molar-refractivity contribution in [2.24, 2.45) is 16.7 Å². The summed E-state index contributed by atoms with van der Waals surface area (Å²) in [7, 11) is 0. The highest BCUT2D eigenvalue weighted by Crippen LogP contribution is 2.62. The fourth-order valence-corrected chi connectivity index (χ4v) is 4.24. The molecule has 1 aromatic rings. The first kappa shape index (κ1) is 12.4. The number of aromatic nitrogens is 3. The van der Waals surface area contributed by atoms with Gasteiger partial charge in [0.25, 0.3) is 5.56 Å². The van der Waals surface area contributed by atoms with E-state index in [1.807, 2.05) is 0 Å². The zero-order chi connectivity index (χ0) is 13.8. The first-order chi connectivity index (χ1) is 8.83. The Morgan fingerprint density at radius 2 is 2.05 bits per heavy atom. The lowest BCUT2D eigenvalue weighted by Crippen LogP contribution is -2.47. The number of aromatic amines is 2.